The van der Waals surface area contributed by atoms with Crippen LogP contribution >= 0.6 is 0 Å². The summed E-state index contributed by atoms with van der Waals surface area (Å²) in [5.41, 5.74) is -0.798. The number of hydrogen-bond donors (Lipinski definition) is 0. The highest BCUT2D eigenvalue weighted by atomic mass is 16.5. The molecule has 1 aromatic rings. The summed E-state index contributed by atoms with van der Waals surface area (Å²) in [6, 6.07) is 7.39. The van der Waals surface area contributed by atoms with Crippen LogP contribution in [-0.4, -0.2) is 18.9 Å². The normalized spacial score (nSPS) is 26.0. The van der Waals surface area contributed by atoms with Crippen LogP contribution in [0.2, 0.25) is 0 Å². The van der Waals surface area contributed by atoms with E-state index in [1.54, 1.807) is 7.11 Å². The molecule has 1 aromatic carbocycles. The van der Waals surface area contributed by atoms with E-state index < -0.39 is 16.9 Å². The van der Waals surface area contributed by atoms with E-state index in [4.69, 9.17) is 9.47 Å². The summed E-state index contributed by atoms with van der Waals surface area (Å²) < 4.78 is 11.0. The molecule has 1 aliphatic heterocycles. The average Bonchev–Trinajstić information content (AvgIpc) is 2.58. The van der Waals surface area contributed by atoms with Crippen LogP contribution in [0.15, 0.2) is 24.3 Å². The summed E-state index contributed by atoms with van der Waals surface area (Å²) in [4.78, 5) is 25.9. The van der Waals surface area contributed by atoms with Gasteiger partial charge in [0, 0.05) is 0 Å². The summed E-state index contributed by atoms with van der Waals surface area (Å²) >= 11 is 0. The van der Waals surface area contributed by atoms with Gasteiger partial charge in [-0.15, -0.1) is 0 Å². The SMILES string of the molecule is COc1ccc([C@@H]2OC(=O)C3(CCCCC3)C(=O)C2(C)C)cc1. The lowest BCUT2D eigenvalue weighted by Gasteiger charge is -2.47. The largest absolute Gasteiger partial charge is 0.497 e. The molecule has 0 bridgehead atoms. The second-order valence-corrected chi connectivity index (χ2v) is 7.25. The van der Waals surface area contributed by atoms with Crippen molar-refractivity contribution in [2.45, 2.75) is 52.1 Å². The first-order chi connectivity index (χ1) is 10.9. The molecule has 0 radical (unpaired) electrons. The van der Waals surface area contributed by atoms with Crippen LogP contribution in [0.5, 0.6) is 5.75 Å². The zero-order chi connectivity index (χ0) is 16.7. The lowest BCUT2D eigenvalue weighted by atomic mass is 9.60. The Bertz CT molecular complexity index is 609. The van der Waals surface area contributed by atoms with Crippen LogP contribution < -0.4 is 4.74 Å². The summed E-state index contributed by atoms with van der Waals surface area (Å²) in [6.07, 6.45) is 3.65. The fourth-order valence-corrected chi connectivity index (χ4v) is 4.05. The number of ketones is 1. The van der Waals surface area contributed by atoms with Crippen molar-refractivity contribution in [1.29, 1.82) is 0 Å². The zero-order valence-electron chi connectivity index (χ0n) is 14.1. The molecule has 23 heavy (non-hydrogen) atoms. The van der Waals surface area contributed by atoms with Crippen molar-refractivity contribution in [3.63, 3.8) is 0 Å². The highest BCUT2D eigenvalue weighted by molar-refractivity contribution is 6.08. The maximum Gasteiger partial charge on any atom is 0.320 e. The van der Waals surface area contributed by atoms with E-state index in [0.29, 0.717) is 12.8 Å². The summed E-state index contributed by atoms with van der Waals surface area (Å²) in [7, 11) is 1.61. The molecule has 3 rings (SSSR count). The highest BCUT2D eigenvalue weighted by Gasteiger charge is 2.60. The van der Waals surface area contributed by atoms with Crippen LogP contribution in [0, 0.1) is 10.8 Å². The molecule has 0 aromatic heterocycles. The minimum Gasteiger partial charge on any atom is -0.497 e. The number of hydrogen-bond acceptors (Lipinski definition) is 4. The van der Waals surface area contributed by atoms with E-state index in [1.807, 2.05) is 38.1 Å². The van der Waals surface area contributed by atoms with Gasteiger partial charge in [0.2, 0.25) is 0 Å². The molecular weight excluding hydrogens is 292 g/mol. The molecule has 0 N–H and O–H groups in total. The number of cyclic esters (lactones) is 1. The van der Waals surface area contributed by atoms with Gasteiger partial charge in [0.15, 0.2) is 5.78 Å². The second kappa shape index (κ2) is 5.66. The third-order valence-electron chi connectivity index (χ3n) is 5.42. The number of benzene rings is 1. The fourth-order valence-electron chi connectivity index (χ4n) is 4.05. The summed E-state index contributed by atoms with van der Waals surface area (Å²) in [5.74, 6) is 0.452. The zero-order valence-corrected chi connectivity index (χ0v) is 14.1. The smallest absolute Gasteiger partial charge is 0.320 e. The lowest BCUT2D eigenvalue weighted by Crippen LogP contribution is -2.55. The first-order valence-electron chi connectivity index (χ1n) is 8.32. The number of ether oxygens (including phenoxy) is 2. The molecule has 1 atom stereocenters. The van der Waals surface area contributed by atoms with Crippen molar-refractivity contribution in [3.8, 4) is 5.75 Å². The second-order valence-electron chi connectivity index (χ2n) is 7.25. The number of carbonyl (C=O) groups is 2. The Morgan fingerprint density at radius 3 is 2.22 bits per heavy atom. The monoisotopic (exact) mass is 316 g/mol. The fraction of sp³-hybridized carbons (Fsp3) is 0.579. The minimum absolute atomic E-state index is 0.0433. The lowest BCUT2D eigenvalue weighted by molar-refractivity contribution is -0.192. The van der Waals surface area contributed by atoms with Gasteiger partial charge >= 0.3 is 5.97 Å². The number of Topliss-reactive ketones (excluding diaryl/α,β-unsaturated/α-hetero) is 1. The number of esters is 1. The van der Waals surface area contributed by atoms with Crippen molar-refractivity contribution in [2.75, 3.05) is 7.11 Å². The maximum absolute atomic E-state index is 13.2. The number of carbonyl (C=O) groups excluding carboxylic acids is 2. The molecule has 2 aliphatic rings. The first-order valence-corrected chi connectivity index (χ1v) is 8.32. The molecule has 4 heteroatoms. The Labute approximate surface area is 137 Å². The standard InChI is InChI=1S/C19H24O4/c1-18(2)15(13-7-9-14(22-3)10-8-13)23-17(21)19(16(18)20)11-5-4-6-12-19/h7-10,15H,4-6,11-12H2,1-3H3/t15-/m0/s1. The molecule has 4 nitrogen and oxygen atoms in total. The van der Waals surface area contributed by atoms with Crippen molar-refractivity contribution in [3.05, 3.63) is 29.8 Å². The van der Waals surface area contributed by atoms with Crippen molar-refractivity contribution in [2.24, 2.45) is 10.8 Å². The molecule has 0 unspecified atom stereocenters. The first kappa shape index (κ1) is 16.0. The molecule has 124 valence electrons. The van der Waals surface area contributed by atoms with Crippen LogP contribution in [-0.2, 0) is 14.3 Å². The van der Waals surface area contributed by atoms with Crippen LogP contribution in [0.3, 0.4) is 0 Å². The minimum atomic E-state index is -0.912. The van der Waals surface area contributed by atoms with E-state index in [-0.39, 0.29) is 11.8 Å². The quantitative estimate of drug-likeness (QED) is 0.614. The molecule has 0 amide bonds. The Kier molecular flexibility index (Phi) is 3.95. The van der Waals surface area contributed by atoms with E-state index in [0.717, 1.165) is 30.6 Å². The average molecular weight is 316 g/mol. The summed E-state index contributed by atoms with van der Waals surface area (Å²) in [5, 5.41) is 0. The van der Waals surface area contributed by atoms with Gasteiger partial charge in [-0.2, -0.15) is 0 Å². The Balaban J connectivity index is 1.95. The van der Waals surface area contributed by atoms with Gasteiger partial charge in [0.05, 0.1) is 12.5 Å². The number of rotatable bonds is 2. The van der Waals surface area contributed by atoms with Gasteiger partial charge in [0.25, 0.3) is 0 Å². The topological polar surface area (TPSA) is 52.6 Å². The van der Waals surface area contributed by atoms with E-state index in [9.17, 15) is 9.59 Å². The van der Waals surface area contributed by atoms with Crippen molar-refractivity contribution < 1.29 is 19.1 Å². The predicted molar refractivity (Wildman–Crippen MR) is 86.1 cm³/mol. The summed E-state index contributed by atoms with van der Waals surface area (Å²) in [6.45, 7) is 3.79. The highest BCUT2D eigenvalue weighted by Crippen LogP contribution is 2.53. The van der Waals surface area contributed by atoms with Crippen molar-refractivity contribution >= 4 is 11.8 Å². The Morgan fingerprint density at radius 1 is 1.04 bits per heavy atom. The van der Waals surface area contributed by atoms with Crippen LogP contribution in [0.25, 0.3) is 0 Å². The van der Waals surface area contributed by atoms with E-state index >= 15 is 0 Å². The van der Waals surface area contributed by atoms with Gasteiger partial charge in [0.1, 0.15) is 17.3 Å². The molecular formula is C19H24O4. The Morgan fingerprint density at radius 2 is 1.65 bits per heavy atom. The van der Waals surface area contributed by atoms with E-state index in [1.165, 1.54) is 0 Å². The van der Waals surface area contributed by atoms with Gasteiger partial charge in [-0.3, -0.25) is 9.59 Å². The maximum atomic E-state index is 13.2. The molecule has 1 spiro atoms. The van der Waals surface area contributed by atoms with Crippen molar-refractivity contribution in [1.82, 2.24) is 0 Å². The molecule has 1 heterocycles. The Hall–Kier alpha value is -1.84. The molecule has 1 saturated heterocycles. The van der Waals surface area contributed by atoms with Gasteiger partial charge in [-0.05, 0) is 44.4 Å². The van der Waals surface area contributed by atoms with Crippen LogP contribution in [0.4, 0.5) is 0 Å². The molecule has 1 aliphatic carbocycles. The van der Waals surface area contributed by atoms with Gasteiger partial charge < -0.3 is 9.47 Å². The van der Waals surface area contributed by atoms with E-state index in [2.05, 4.69) is 0 Å². The van der Waals surface area contributed by atoms with Gasteiger partial charge in [-0.1, -0.05) is 31.4 Å². The molecule has 1 saturated carbocycles. The van der Waals surface area contributed by atoms with Gasteiger partial charge in [-0.25, -0.2) is 0 Å². The predicted octanol–water partition coefficient (Wildman–Crippen LogP) is 3.84. The third kappa shape index (κ3) is 2.44. The number of methoxy groups -OCH3 is 1. The van der Waals surface area contributed by atoms with Crippen LogP contribution in [0.1, 0.15) is 57.6 Å². The third-order valence-corrected chi connectivity index (χ3v) is 5.42. The molecule has 2 fully saturated rings.